The summed E-state index contributed by atoms with van der Waals surface area (Å²) in [5, 5.41) is 3.37. The largest absolute Gasteiger partial charge is 0.496 e. The van der Waals surface area contributed by atoms with Crippen molar-refractivity contribution >= 4 is 23.4 Å². The number of carbonyl (C=O) groups is 2. The van der Waals surface area contributed by atoms with Gasteiger partial charge in [0.1, 0.15) is 5.75 Å². The Morgan fingerprint density at radius 1 is 1.14 bits per heavy atom. The Balaban J connectivity index is 1.68. The molecule has 1 saturated heterocycles. The number of nitrogens with zero attached hydrogens (tertiary/aromatic N) is 3. The van der Waals surface area contributed by atoms with Crippen molar-refractivity contribution in [2.24, 2.45) is 0 Å². The highest BCUT2D eigenvalue weighted by atomic mass is 35.5. The molecule has 1 N–H and O–H groups in total. The summed E-state index contributed by atoms with van der Waals surface area (Å²) in [6, 6.07) is 7.38. The van der Waals surface area contributed by atoms with Gasteiger partial charge in [-0.05, 0) is 32.0 Å². The van der Waals surface area contributed by atoms with E-state index in [9.17, 15) is 9.59 Å². The molecule has 1 aliphatic heterocycles. The smallest absolute Gasteiger partial charge is 0.257 e. The number of aromatic nitrogens is 1. The lowest BCUT2D eigenvalue weighted by molar-refractivity contribution is -0.123. The minimum absolute atomic E-state index is 0.00817. The fourth-order valence-corrected chi connectivity index (χ4v) is 3.68. The minimum atomic E-state index is -0.117. The van der Waals surface area contributed by atoms with Crippen LogP contribution in [-0.2, 0) is 4.79 Å². The number of methoxy groups -OCH3 is 1. The number of carbonyl (C=O) groups excluding carboxylic acids is 2. The summed E-state index contributed by atoms with van der Waals surface area (Å²) in [5.74, 6) is 0.379. The van der Waals surface area contributed by atoms with Crippen molar-refractivity contribution in [2.75, 3.05) is 39.8 Å². The lowest BCUT2D eigenvalue weighted by Gasteiger charge is -2.34. The maximum atomic E-state index is 13.1. The first kappa shape index (κ1) is 21.2. The Hall–Kier alpha value is -2.51. The van der Waals surface area contributed by atoms with Crippen LogP contribution in [0.1, 0.15) is 24.2 Å². The Bertz CT molecular complexity index is 859. The predicted molar refractivity (Wildman–Crippen MR) is 113 cm³/mol. The third kappa shape index (κ3) is 5.10. The van der Waals surface area contributed by atoms with Crippen LogP contribution >= 0.6 is 11.6 Å². The molecule has 0 radical (unpaired) electrons. The molecular formula is C21H27ClN4O3. The predicted octanol–water partition coefficient (Wildman–Crippen LogP) is 2.42. The Morgan fingerprint density at radius 2 is 1.79 bits per heavy atom. The van der Waals surface area contributed by atoms with Gasteiger partial charge < -0.3 is 19.5 Å². The number of hydrogen-bond donors (Lipinski definition) is 1. The van der Waals surface area contributed by atoms with E-state index in [1.807, 2.05) is 42.9 Å². The Labute approximate surface area is 176 Å². The molecule has 1 aromatic carbocycles. The zero-order valence-electron chi connectivity index (χ0n) is 17.0. The number of piperazine rings is 1. The molecule has 0 bridgehead atoms. The van der Waals surface area contributed by atoms with Crippen LogP contribution in [0.5, 0.6) is 5.75 Å². The van der Waals surface area contributed by atoms with E-state index < -0.39 is 0 Å². The van der Waals surface area contributed by atoms with Gasteiger partial charge in [0, 0.05) is 50.7 Å². The minimum Gasteiger partial charge on any atom is -0.496 e. The molecular weight excluding hydrogens is 392 g/mol. The topological polar surface area (TPSA) is 66.8 Å². The highest BCUT2D eigenvalue weighted by Gasteiger charge is 2.26. The molecule has 1 fully saturated rings. The summed E-state index contributed by atoms with van der Waals surface area (Å²) in [5.41, 5.74) is 1.20. The highest BCUT2D eigenvalue weighted by molar-refractivity contribution is 6.33. The van der Waals surface area contributed by atoms with Gasteiger partial charge in [0.05, 0.1) is 29.9 Å². The lowest BCUT2D eigenvalue weighted by Crippen LogP contribution is -2.51. The summed E-state index contributed by atoms with van der Waals surface area (Å²) in [6.45, 7) is 6.62. The monoisotopic (exact) mass is 418 g/mol. The van der Waals surface area contributed by atoms with E-state index in [1.165, 1.54) is 0 Å². The van der Waals surface area contributed by atoms with Gasteiger partial charge in [0.25, 0.3) is 5.91 Å². The average Bonchev–Trinajstić information content (AvgIpc) is 3.21. The van der Waals surface area contributed by atoms with E-state index in [2.05, 4.69) is 10.2 Å². The van der Waals surface area contributed by atoms with Gasteiger partial charge in [0.2, 0.25) is 5.91 Å². The van der Waals surface area contributed by atoms with Crippen molar-refractivity contribution in [3.63, 3.8) is 0 Å². The first-order chi connectivity index (χ1) is 13.9. The summed E-state index contributed by atoms with van der Waals surface area (Å²) in [6.07, 6.45) is 3.77. The van der Waals surface area contributed by atoms with E-state index in [4.69, 9.17) is 16.3 Å². The van der Waals surface area contributed by atoms with E-state index >= 15 is 0 Å². The third-order valence-corrected chi connectivity index (χ3v) is 5.16. The SMILES string of the molecule is COc1cc(-n2cccc2)c(Cl)cc1C(=O)N1CCN(CC(=O)NC(C)C)CC1. The van der Waals surface area contributed by atoms with Gasteiger partial charge in [-0.2, -0.15) is 0 Å². The van der Waals surface area contributed by atoms with Gasteiger partial charge in [-0.15, -0.1) is 0 Å². The zero-order chi connectivity index (χ0) is 21.0. The first-order valence-electron chi connectivity index (χ1n) is 9.71. The van der Waals surface area contributed by atoms with Gasteiger partial charge >= 0.3 is 0 Å². The van der Waals surface area contributed by atoms with Crippen LogP contribution in [0, 0.1) is 0 Å². The molecule has 2 amide bonds. The number of hydrogen-bond acceptors (Lipinski definition) is 4. The number of ether oxygens (including phenoxy) is 1. The molecule has 2 heterocycles. The standard InChI is InChI=1S/C21H27ClN4O3/c1-15(2)23-20(27)14-24-8-10-26(11-9-24)21(28)16-12-17(22)18(13-19(16)29-3)25-6-4-5-7-25/h4-7,12-13,15H,8-11,14H2,1-3H3,(H,23,27). The van der Waals surface area contributed by atoms with E-state index in [-0.39, 0.29) is 17.9 Å². The Kier molecular flexibility index (Phi) is 6.82. The van der Waals surface area contributed by atoms with Gasteiger partial charge in [0.15, 0.2) is 0 Å². The summed E-state index contributed by atoms with van der Waals surface area (Å²) in [4.78, 5) is 28.9. The number of amides is 2. The Morgan fingerprint density at radius 3 is 2.38 bits per heavy atom. The molecule has 0 unspecified atom stereocenters. The second-order valence-corrected chi connectivity index (χ2v) is 7.79. The van der Waals surface area contributed by atoms with Crippen molar-refractivity contribution in [1.29, 1.82) is 0 Å². The molecule has 0 saturated carbocycles. The molecule has 0 atom stereocenters. The maximum Gasteiger partial charge on any atom is 0.257 e. The highest BCUT2D eigenvalue weighted by Crippen LogP contribution is 2.31. The second kappa shape index (κ2) is 9.33. The van der Waals surface area contributed by atoms with Crippen molar-refractivity contribution in [1.82, 2.24) is 19.7 Å². The molecule has 1 aromatic heterocycles. The van der Waals surface area contributed by atoms with Crippen molar-refractivity contribution < 1.29 is 14.3 Å². The molecule has 2 aromatic rings. The van der Waals surface area contributed by atoms with Gasteiger partial charge in [-0.3, -0.25) is 14.5 Å². The van der Waals surface area contributed by atoms with Crippen LogP contribution < -0.4 is 10.1 Å². The summed E-state index contributed by atoms with van der Waals surface area (Å²) < 4.78 is 7.35. The van der Waals surface area contributed by atoms with Crippen LogP contribution in [0.3, 0.4) is 0 Å². The average molecular weight is 419 g/mol. The molecule has 8 heteroatoms. The molecule has 1 aliphatic rings. The van der Waals surface area contributed by atoms with Gasteiger partial charge in [-0.25, -0.2) is 0 Å². The van der Waals surface area contributed by atoms with Crippen molar-refractivity contribution in [3.05, 3.63) is 47.2 Å². The van der Waals surface area contributed by atoms with Crippen molar-refractivity contribution in [3.8, 4) is 11.4 Å². The summed E-state index contributed by atoms with van der Waals surface area (Å²) in [7, 11) is 1.55. The number of halogens is 1. The van der Waals surface area contributed by atoms with E-state index in [0.717, 1.165) is 5.69 Å². The quantitative estimate of drug-likeness (QED) is 0.782. The molecule has 0 aliphatic carbocycles. The molecule has 156 valence electrons. The van der Waals surface area contributed by atoms with Crippen LogP contribution in [0.25, 0.3) is 5.69 Å². The third-order valence-electron chi connectivity index (χ3n) is 4.86. The molecule has 0 spiro atoms. The van der Waals surface area contributed by atoms with Crippen LogP contribution in [0.2, 0.25) is 5.02 Å². The van der Waals surface area contributed by atoms with Crippen LogP contribution in [0.4, 0.5) is 0 Å². The maximum absolute atomic E-state index is 13.1. The fourth-order valence-electron chi connectivity index (χ4n) is 3.42. The zero-order valence-corrected chi connectivity index (χ0v) is 17.8. The molecule has 29 heavy (non-hydrogen) atoms. The van der Waals surface area contributed by atoms with Crippen LogP contribution in [0.15, 0.2) is 36.7 Å². The fraction of sp³-hybridized carbons (Fsp3) is 0.429. The second-order valence-electron chi connectivity index (χ2n) is 7.38. The number of rotatable bonds is 6. The van der Waals surface area contributed by atoms with Crippen molar-refractivity contribution in [2.45, 2.75) is 19.9 Å². The number of nitrogens with one attached hydrogen (secondary N) is 1. The van der Waals surface area contributed by atoms with Gasteiger partial charge in [-0.1, -0.05) is 11.6 Å². The first-order valence-corrected chi connectivity index (χ1v) is 10.1. The van der Waals surface area contributed by atoms with E-state index in [0.29, 0.717) is 49.1 Å². The van der Waals surface area contributed by atoms with Crippen LogP contribution in [-0.4, -0.2) is 72.1 Å². The van der Waals surface area contributed by atoms with E-state index in [1.54, 1.807) is 24.1 Å². The molecule has 7 nitrogen and oxygen atoms in total. The lowest BCUT2D eigenvalue weighted by atomic mass is 10.1. The summed E-state index contributed by atoms with van der Waals surface area (Å²) >= 11 is 6.45. The normalized spacial score (nSPS) is 14.9. The molecule has 3 rings (SSSR count). The number of benzene rings is 1.